The van der Waals surface area contributed by atoms with Crippen molar-refractivity contribution in [2.24, 2.45) is 0 Å². The van der Waals surface area contributed by atoms with E-state index in [1.165, 1.54) is 0 Å². The van der Waals surface area contributed by atoms with E-state index < -0.39 is 0 Å². The van der Waals surface area contributed by atoms with E-state index in [0.717, 1.165) is 16.8 Å². The highest BCUT2D eigenvalue weighted by molar-refractivity contribution is 6.36. The Labute approximate surface area is 179 Å². The van der Waals surface area contributed by atoms with Crippen LogP contribution in [-0.4, -0.2) is 24.0 Å². The summed E-state index contributed by atoms with van der Waals surface area (Å²) in [5.41, 5.74) is 3.62. The standard InChI is InChI=1S/C23H18Cl2N2O2/c1-28-19-13-7-3-9-15(19)22-21(25)23(16-10-4-8-14-20(16)29-2)27(26-22)18-12-6-5-11-17(18)24/h3-14H,1-2H3. The van der Waals surface area contributed by atoms with Crippen LogP contribution < -0.4 is 9.47 Å². The first-order valence-corrected chi connectivity index (χ1v) is 9.71. The van der Waals surface area contributed by atoms with E-state index >= 15 is 0 Å². The molecular weight excluding hydrogens is 407 g/mol. The van der Waals surface area contributed by atoms with Crippen LogP contribution in [-0.2, 0) is 0 Å². The van der Waals surface area contributed by atoms with Crippen molar-refractivity contribution in [2.75, 3.05) is 14.2 Å². The fourth-order valence-electron chi connectivity index (χ4n) is 3.28. The molecule has 0 saturated carbocycles. The average molecular weight is 425 g/mol. The molecule has 0 spiro atoms. The van der Waals surface area contributed by atoms with Crippen molar-refractivity contribution in [3.8, 4) is 39.7 Å². The van der Waals surface area contributed by atoms with E-state index in [2.05, 4.69) is 0 Å². The fraction of sp³-hybridized carbons (Fsp3) is 0.0870. The van der Waals surface area contributed by atoms with Crippen molar-refractivity contribution in [3.63, 3.8) is 0 Å². The van der Waals surface area contributed by atoms with E-state index in [1.807, 2.05) is 72.8 Å². The number of aromatic nitrogens is 2. The van der Waals surface area contributed by atoms with Crippen LogP contribution in [0.4, 0.5) is 0 Å². The van der Waals surface area contributed by atoms with Gasteiger partial charge in [0.05, 0.1) is 35.6 Å². The normalized spacial score (nSPS) is 10.8. The van der Waals surface area contributed by atoms with Crippen LogP contribution in [0.1, 0.15) is 0 Å². The second kappa shape index (κ2) is 8.19. The number of methoxy groups -OCH3 is 2. The van der Waals surface area contributed by atoms with Crippen LogP contribution in [0.5, 0.6) is 11.5 Å². The Morgan fingerprint density at radius 1 is 0.724 bits per heavy atom. The summed E-state index contributed by atoms with van der Waals surface area (Å²) >= 11 is 13.4. The maximum Gasteiger partial charge on any atom is 0.128 e. The van der Waals surface area contributed by atoms with Crippen LogP contribution in [0.3, 0.4) is 0 Å². The van der Waals surface area contributed by atoms with Crippen molar-refractivity contribution in [2.45, 2.75) is 0 Å². The van der Waals surface area contributed by atoms with Crippen LogP contribution >= 0.6 is 23.2 Å². The zero-order chi connectivity index (χ0) is 20.4. The second-order valence-electron chi connectivity index (χ2n) is 6.27. The molecule has 3 aromatic carbocycles. The molecule has 0 fully saturated rings. The first kappa shape index (κ1) is 19.4. The van der Waals surface area contributed by atoms with Gasteiger partial charge in [0.15, 0.2) is 0 Å². The summed E-state index contributed by atoms with van der Waals surface area (Å²) < 4.78 is 12.9. The van der Waals surface area contributed by atoms with Gasteiger partial charge in [0.1, 0.15) is 17.2 Å². The summed E-state index contributed by atoms with van der Waals surface area (Å²) in [5, 5.41) is 5.89. The Bertz CT molecular complexity index is 1170. The van der Waals surface area contributed by atoms with E-state index in [9.17, 15) is 0 Å². The Morgan fingerprint density at radius 3 is 1.93 bits per heavy atom. The lowest BCUT2D eigenvalue weighted by Crippen LogP contribution is -2.01. The van der Waals surface area contributed by atoms with Gasteiger partial charge in [-0.15, -0.1) is 0 Å². The number of para-hydroxylation sites is 3. The highest BCUT2D eigenvalue weighted by Gasteiger charge is 2.24. The third-order valence-electron chi connectivity index (χ3n) is 4.63. The summed E-state index contributed by atoms with van der Waals surface area (Å²) in [5.74, 6) is 1.37. The molecule has 0 amide bonds. The molecule has 1 heterocycles. The van der Waals surface area contributed by atoms with Gasteiger partial charge < -0.3 is 9.47 Å². The lowest BCUT2D eigenvalue weighted by molar-refractivity contribution is 0.416. The average Bonchev–Trinajstić information content (AvgIpc) is 3.10. The number of halogens is 2. The lowest BCUT2D eigenvalue weighted by atomic mass is 10.1. The highest BCUT2D eigenvalue weighted by Crippen LogP contribution is 2.43. The Morgan fingerprint density at radius 2 is 1.28 bits per heavy atom. The van der Waals surface area contributed by atoms with Crippen molar-refractivity contribution >= 4 is 23.2 Å². The second-order valence-corrected chi connectivity index (χ2v) is 7.06. The van der Waals surface area contributed by atoms with Crippen LogP contribution in [0.15, 0.2) is 72.8 Å². The Kier molecular flexibility index (Phi) is 5.47. The van der Waals surface area contributed by atoms with Gasteiger partial charge in [-0.25, -0.2) is 4.68 Å². The summed E-state index contributed by atoms with van der Waals surface area (Å²) in [6, 6.07) is 22.8. The molecule has 1 aromatic heterocycles. The highest BCUT2D eigenvalue weighted by atomic mass is 35.5. The molecular formula is C23H18Cl2N2O2. The monoisotopic (exact) mass is 424 g/mol. The Balaban J connectivity index is 2.06. The molecule has 4 aromatic rings. The van der Waals surface area contributed by atoms with Gasteiger partial charge in [-0.3, -0.25) is 0 Å². The molecule has 146 valence electrons. The van der Waals surface area contributed by atoms with E-state index in [0.29, 0.717) is 32.9 Å². The minimum Gasteiger partial charge on any atom is -0.496 e. The maximum absolute atomic E-state index is 6.92. The molecule has 6 heteroatoms. The maximum atomic E-state index is 6.92. The van der Waals surface area contributed by atoms with Gasteiger partial charge in [-0.1, -0.05) is 59.6 Å². The predicted octanol–water partition coefficient (Wildman–Crippen LogP) is 6.53. The lowest BCUT2D eigenvalue weighted by Gasteiger charge is -2.12. The van der Waals surface area contributed by atoms with Gasteiger partial charge in [0, 0.05) is 11.1 Å². The number of benzene rings is 3. The van der Waals surface area contributed by atoms with Crippen molar-refractivity contribution < 1.29 is 9.47 Å². The molecule has 4 nitrogen and oxygen atoms in total. The largest absolute Gasteiger partial charge is 0.496 e. The van der Waals surface area contributed by atoms with Gasteiger partial charge in [0.25, 0.3) is 0 Å². The molecule has 29 heavy (non-hydrogen) atoms. The van der Waals surface area contributed by atoms with E-state index in [-0.39, 0.29) is 0 Å². The molecule has 0 unspecified atom stereocenters. The van der Waals surface area contributed by atoms with Gasteiger partial charge in [-0.2, -0.15) is 5.10 Å². The quantitative estimate of drug-likeness (QED) is 0.365. The third kappa shape index (κ3) is 3.46. The number of hydrogen-bond donors (Lipinski definition) is 0. The smallest absolute Gasteiger partial charge is 0.128 e. The number of hydrogen-bond acceptors (Lipinski definition) is 3. The molecule has 0 radical (unpaired) electrons. The predicted molar refractivity (Wildman–Crippen MR) is 118 cm³/mol. The summed E-state index contributed by atoms with van der Waals surface area (Å²) in [4.78, 5) is 0. The van der Waals surface area contributed by atoms with E-state index in [1.54, 1.807) is 18.9 Å². The van der Waals surface area contributed by atoms with E-state index in [4.69, 9.17) is 37.8 Å². The molecule has 0 aliphatic rings. The first-order valence-electron chi connectivity index (χ1n) is 8.96. The first-order chi connectivity index (χ1) is 14.2. The van der Waals surface area contributed by atoms with Crippen molar-refractivity contribution in [3.05, 3.63) is 82.8 Å². The minimum atomic E-state index is 0.485. The summed E-state index contributed by atoms with van der Waals surface area (Å²) in [6.45, 7) is 0. The van der Waals surface area contributed by atoms with Crippen molar-refractivity contribution in [1.29, 1.82) is 0 Å². The molecule has 0 aliphatic heterocycles. The summed E-state index contributed by atoms with van der Waals surface area (Å²) in [6.07, 6.45) is 0. The zero-order valence-electron chi connectivity index (χ0n) is 15.9. The molecule has 0 aliphatic carbocycles. The SMILES string of the molecule is COc1ccccc1-c1nn(-c2ccccc2Cl)c(-c2ccccc2OC)c1Cl. The zero-order valence-corrected chi connectivity index (χ0v) is 17.4. The number of nitrogens with zero attached hydrogens (tertiary/aromatic N) is 2. The van der Waals surface area contributed by atoms with Gasteiger partial charge in [-0.05, 0) is 36.4 Å². The van der Waals surface area contributed by atoms with Crippen LogP contribution in [0, 0.1) is 0 Å². The van der Waals surface area contributed by atoms with Gasteiger partial charge >= 0.3 is 0 Å². The fourth-order valence-corrected chi connectivity index (χ4v) is 3.82. The molecule has 0 N–H and O–H groups in total. The minimum absolute atomic E-state index is 0.485. The molecule has 0 saturated heterocycles. The Hall–Kier alpha value is -2.95. The number of rotatable bonds is 5. The molecule has 4 rings (SSSR count). The van der Waals surface area contributed by atoms with Crippen molar-refractivity contribution in [1.82, 2.24) is 9.78 Å². The topological polar surface area (TPSA) is 36.3 Å². The van der Waals surface area contributed by atoms with Gasteiger partial charge in [0.2, 0.25) is 0 Å². The van der Waals surface area contributed by atoms with Crippen LogP contribution in [0.25, 0.3) is 28.2 Å². The third-order valence-corrected chi connectivity index (χ3v) is 5.31. The number of ether oxygens (including phenoxy) is 2. The molecule has 0 bridgehead atoms. The molecule has 0 atom stereocenters. The summed E-state index contributed by atoms with van der Waals surface area (Å²) in [7, 11) is 3.25. The van der Waals surface area contributed by atoms with Crippen LogP contribution in [0.2, 0.25) is 10.0 Å².